The number of H-pyrrole nitrogens is 1. The fourth-order valence-corrected chi connectivity index (χ4v) is 4.14. The van der Waals surface area contributed by atoms with Gasteiger partial charge in [-0.2, -0.15) is 5.10 Å². The number of aryl methyl sites for hydroxylation is 3. The summed E-state index contributed by atoms with van der Waals surface area (Å²) in [4.78, 5) is 20.2. The monoisotopic (exact) mass is 333 g/mol. The molecule has 0 radical (unpaired) electrons. The molecule has 1 atom stereocenters. The molecular formula is C16H23N5OS. The predicted octanol–water partition coefficient (Wildman–Crippen LogP) is 2.74. The van der Waals surface area contributed by atoms with Crippen molar-refractivity contribution in [3.63, 3.8) is 0 Å². The largest absolute Gasteiger partial charge is 0.334 e. The summed E-state index contributed by atoms with van der Waals surface area (Å²) in [5.41, 5.74) is 3.22. The molecule has 0 bridgehead atoms. The van der Waals surface area contributed by atoms with Crippen molar-refractivity contribution in [2.45, 2.75) is 45.6 Å². The molecule has 0 fully saturated rings. The molecule has 1 aliphatic rings. The van der Waals surface area contributed by atoms with Gasteiger partial charge in [-0.1, -0.05) is 0 Å². The van der Waals surface area contributed by atoms with Crippen molar-refractivity contribution in [1.82, 2.24) is 25.4 Å². The number of carbonyl (C=O) groups is 1. The Bertz CT molecular complexity index is 692. The Labute approximate surface area is 140 Å². The van der Waals surface area contributed by atoms with Gasteiger partial charge in [0.15, 0.2) is 0 Å². The number of nitrogens with one attached hydrogen (secondary N) is 2. The van der Waals surface area contributed by atoms with Crippen molar-refractivity contribution in [2.75, 3.05) is 13.6 Å². The van der Waals surface area contributed by atoms with E-state index in [1.807, 2.05) is 14.0 Å². The molecule has 2 heterocycles. The lowest BCUT2D eigenvalue weighted by Gasteiger charge is -2.26. The number of thiazole rings is 1. The molecule has 124 valence electrons. The van der Waals surface area contributed by atoms with Crippen LogP contribution in [-0.4, -0.2) is 39.7 Å². The van der Waals surface area contributed by atoms with Crippen LogP contribution < -0.4 is 5.32 Å². The van der Waals surface area contributed by atoms with Gasteiger partial charge in [-0.25, -0.2) is 9.78 Å². The van der Waals surface area contributed by atoms with Crippen LogP contribution in [0.5, 0.6) is 0 Å². The number of rotatable bonds is 4. The van der Waals surface area contributed by atoms with Gasteiger partial charge in [-0.3, -0.25) is 5.10 Å². The molecule has 7 heteroatoms. The van der Waals surface area contributed by atoms with Crippen LogP contribution in [-0.2, 0) is 13.0 Å². The molecule has 23 heavy (non-hydrogen) atoms. The number of amides is 2. The summed E-state index contributed by atoms with van der Waals surface area (Å²) in [7, 11) is 1.85. The first-order chi connectivity index (χ1) is 11.0. The van der Waals surface area contributed by atoms with Crippen molar-refractivity contribution in [3.8, 4) is 0 Å². The number of carbonyl (C=O) groups excluding carboxylic acids is 1. The highest BCUT2D eigenvalue weighted by Gasteiger charge is 2.26. The van der Waals surface area contributed by atoms with Crippen LogP contribution >= 0.6 is 11.3 Å². The van der Waals surface area contributed by atoms with Crippen LogP contribution in [0, 0.1) is 13.8 Å². The topological polar surface area (TPSA) is 73.9 Å². The summed E-state index contributed by atoms with van der Waals surface area (Å²) in [5, 5.41) is 10.9. The number of hydrogen-bond acceptors (Lipinski definition) is 4. The first kappa shape index (κ1) is 16.0. The molecule has 0 aromatic carbocycles. The molecule has 0 saturated heterocycles. The van der Waals surface area contributed by atoms with E-state index in [4.69, 9.17) is 4.98 Å². The predicted molar refractivity (Wildman–Crippen MR) is 90.7 cm³/mol. The Hall–Kier alpha value is -1.89. The molecule has 6 nitrogen and oxygen atoms in total. The summed E-state index contributed by atoms with van der Waals surface area (Å²) in [6.45, 7) is 5.22. The maximum absolute atomic E-state index is 12.3. The normalized spacial score (nSPS) is 16.9. The zero-order chi connectivity index (χ0) is 16.4. The quantitative estimate of drug-likeness (QED) is 0.903. The summed E-state index contributed by atoms with van der Waals surface area (Å²) in [6.07, 6.45) is 5.17. The molecule has 2 aromatic heterocycles. The van der Waals surface area contributed by atoms with E-state index in [-0.39, 0.29) is 6.03 Å². The molecule has 0 spiro atoms. The van der Waals surface area contributed by atoms with Crippen LogP contribution in [0.25, 0.3) is 0 Å². The van der Waals surface area contributed by atoms with E-state index in [9.17, 15) is 4.79 Å². The lowest BCUT2D eigenvalue weighted by Crippen LogP contribution is -2.39. The van der Waals surface area contributed by atoms with Crippen LogP contribution in [0.4, 0.5) is 4.79 Å². The second-order valence-electron chi connectivity index (χ2n) is 6.19. The third kappa shape index (κ3) is 3.55. The highest BCUT2D eigenvalue weighted by molar-refractivity contribution is 7.11. The van der Waals surface area contributed by atoms with E-state index >= 15 is 0 Å². The Morgan fingerprint density at radius 1 is 1.52 bits per heavy atom. The third-order valence-corrected chi connectivity index (χ3v) is 5.43. The number of fused-ring (bicyclic) bond motifs is 1. The SMILES string of the molecule is Cc1nc2c(s1)CCC[C@@H]2CN(C)C(=O)NCc1cn[nH]c1C. The van der Waals surface area contributed by atoms with E-state index in [0.717, 1.165) is 29.1 Å². The van der Waals surface area contributed by atoms with Crippen LogP contribution in [0.15, 0.2) is 6.20 Å². The maximum Gasteiger partial charge on any atom is 0.317 e. The van der Waals surface area contributed by atoms with Gasteiger partial charge in [-0.05, 0) is 33.1 Å². The van der Waals surface area contributed by atoms with Crippen molar-refractivity contribution in [3.05, 3.63) is 33.0 Å². The number of aromatic amines is 1. The molecule has 2 aromatic rings. The summed E-state index contributed by atoms with van der Waals surface area (Å²) < 4.78 is 0. The molecule has 0 saturated carbocycles. The van der Waals surface area contributed by atoms with Gasteiger partial charge in [0.05, 0.1) is 16.9 Å². The third-order valence-electron chi connectivity index (χ3n) is 4.38. The zero-order valence-corrected chi connectivity index (χ0v) is 14.7. The van der Waals surface area contributed by atoms with Gasteiger partial charge in [0.1, 0.15) is 0 Å². The van der Waals surface area contributed by atoms with E-state index in [1.54, 1.807) is 22.4 Å². The van der Waals surface area contributed by atoms with E-state index in [2.05, 4.69) is 22.4 Å². The second-order valence-corrected chi connectivity index (χ2v) is 7.48. The van der Waals surface area contributed by atoms with Gasteiger partial charge in [0, 0.05) is 42.2 Å². The summed E-state index contributed by atoms with van der Waals surface area (Å²) in [6, 6.07) is -0.0512. The fourth-order valence-electron chi connectivity index (χ4n) is 3.08. The second kappa shape index (κ2) is 6.70. The van der Waals surface area contributed by atoms with E-state index in [0.29, 0.717) is 19.0 Å². The van der Waals surface area contributed by atoms with Crippen LogP contribution in [0.2, 0.25) is 0 Å². The lowest BCUT2D eigenvalue weighted by atomic mass is 9.90. The zero-order valence-electron chi connectivity index (χ0n) is 13.8. The summed E-state index contributed by atoms with van der Waals surface area (Å²) >= 11 is 1.80. The highest BCUT2D eigenvalue weighted by Crippen LogP contribution is 2.34. The smallest absolute Gasteiger partial charge is 0.317 e. The van der Waals surface area contributed by atoms with Crippen molar-refractivity contribution >= 4 is 17.4 Å². The van der Waals surface area contributed by atoms with E-state index in [1.165, 1.54) is 17.0 Å². The maximum atomic E-state index is 12.3. The number of nitrogens with zero attached hydrogens (tertiary/aromatic N) is 3. The Balaban J connectivity index is 1.57. The Morgan fingerprint density at radius 3 is 3.09 bits per heavy atom. The number of hydrogen-bond donors (Lipinski definition) is 2. The molecule has 1 aliphatic carbocycles. The minimum absolute atomic E-state index is 0.0512. The van der Waals surface area contributed by atoms with Gasteiger partial charge in [-0.15, -0.1) is 11.3 Å². The fraction of sp³-hybridized carbons (Fsp3) is 0.562. The Kier molecular flexibility index (Phi) is 4.66. The average molecular weight is 333 g/mol. The lowest BCUT2D eigenvalue weighted by molar-refractivity contribution is 0.203. The van der Waals surface area contributed by atoms with Crippen molar-refractivity contribution < 1.29 is 4.79 Å². The summed E-state index contributed by atoms with van der Waals surface area (Å²) in [5.74, 6) is 0.357. The molecule has 0 aliphatic heterocycles. The molecule has 2 amide bonds. The minimum atomic E-state index is -0.0512. The molecular weight excluding hydrogens is 310 g/mol. The minimum Gasteiger partial charge on any atom is -0.334 e. The number of likely N-dealkylation sites (N-methyl/N-ethyl adjacent to an activating group) is 1. The van der Waals surface area contributed by atoms with Gasteiger partial charge < -0.3 is 10.2 Å². The van der Waals surface area contributed by atoms with Gasteiger partial charge >= 0.3 is 6.03 Å². The number of urea groups is 1. The van der Waals surface area contributed by atoms with Crippen LogP contribution in [0.3, 0.4) is 0 Å². The first-order valence-corrected chi connectivity index (χ1v) is 8.80. The average Bonchev–Trinajstić information content (AvgIpc) is 3.10. The highest BCUT2D eigenvalue weighted by atomic mass is 32.1. The van der Waals surface area contributed by atoms with Gasteiger partial charge in [0.25, 0.3) is 0 Å². The van der Waals surface area contributed by atoms with E-state index < -0.39 is 0 Å². The number of aromatic nitrogens is 3. The van der Waals surface area contributed by atoms with Crippen LogP contribution in [0.1, 0.15) is 45.6 Å². The Morgan fingerprint density at radius 2 is 2.35 bits per heavy atom. The van der Waals surface area contributed by atoms with Crippen molar-refractivity contribution in [2.24, 2.45) is 0 Å². The molecule has 3 rings (SSSR count). The van der Waals surface area contributed by atoms with Gasteiger partial charge in [0.2, 0.25) is 0 Å². The molecule has 2 N–H and O–H groups in total. The molecule has 0 unspecified atom stereocenters. The van der Waals surface area contributed by atoms with Crippen molar-refractivity contribution in [1.29, 1.82) is 0 Å². The first-order valence-electron chi connectivity index (χ1n) is 7.98. The standard InChI is InChI=1S/C16H23N5OS/c1-10-13(8-18-20-10)7-17-16(22)21(3)9-12-5-4-6-14-15(12)19-11(2)23-14/h8,12H,4-7,9H2,1-3H3,(H,17,22)(H,18,20)/t12-/m1/s1.